The molecule has 8 heteroatoms. The van der Waals surface area contributed by atoms with Crippen molar-refractivity contribution in [2.24, 2.45) is 0 Å². The molecule has 2 aliphatic heterocycles. The summed E-state index contributed by atoms with van der Waals surface area (Å²) in [7, 11) is 0. The van der Waals surface area contributed by atoms with Gasteiger partial charge < -0.3 is 20.3 Å². The molecule has 0 aliphatic carbocycles. The second kappa shape index (κ2) is 7.54. The highest BCUT2D eigenvalue weighted by Gasteiger charge is 2.36. The van der Waals surface area contributed by atoms with E-state index in [2.05, 4.69) is 10.6 Å². The lowest BCUT2D eigenvalue weighted by molar-refractivity contribution is -0.123. The second-order valence-electron chi connectivity index (χ2n) is 7.12. The number of esters is 1. The van der Waals surface area contributed by atoms with Gasteiger partial charge >= 0.3 is 5.97 Å². The zero-order valence-electron chi connectivity index (χ0n) is 15.8. The van der Waals surface area contributed by atoms with Gasteiger partial charge in [-0.05, 0) is 56.2 Å². The van der Waals surface area contributed by atoms with Crippen molar-refractivity contribution < 1.29 is 23.5 Å². The Bertz CT molecular complexity index is 994. The molecule has 2 N–H and O–H groups in total. The summed E-state index contributed by atoms with van der Waals surface area (Å²) in [6.07, 6.45) is 0.672. The summed E-state index contributed by atoms with van der Waals surface area (Å²) >= 11 is 0. The monoisotopic (exact) mass is 397 g/mol. The van der Waals surface area contributed by atoms with E-state index in [0.717, 1.165) is 25.1 Å². The predicted octanol–water partition coefficient (Wildman–Crippen LogP) is 2.93. The SMILES string of the molecule is C[C@H](OC(=O)c1ccc2c(c1)NC(=O)[C@H]1CCCN21)C(=O)Nc1cccc(F)c1. The van der Waals surface area contributed by atoms with Gasteiger partial charge in [-0.3, -0.25) is 9.59 Å². The third kappa shape index (κ3) is 3.78. The van der Waals surface area contributed by atoms with Crippen molar-refractivity contribution in [1.82, 2.24) is 0 Å². The highest BCUT2D eigenvalue weighted by molar-refractivity contribution is 6.05. The molecule has 1 fully saturated rings. The van der Waals surface area contributed by atoms with E-state index in [1.54, 1.807) is 18.2 Å². The van der Waals surface area contributed by atoms with Crippen LogP contribution in [0.1, 0.15) is 30.1 Å². The van der Waals surface area contributed by atoms with Gasteiger partial charge in [-0.1, -0.05) is 6.07 Å². The first kappa shape index (κ1) is 18.9. The number of anilines is 3. The molecule has 7 nitrogen and oxygen atoms in total. The minimum Gasteiger partial charge on any atom is -0.449 e. The zero-order valence-corrected chi connectivity index (χ0v) is 15.8. The Morgan fingerprint density at radius 1 is 1.28 bits per heavy atom. The van der Waals surface area contributed by atoms with Gasteiger partial charge in [-0.25, -0.2) is 9.18 Å². The fraction of sp³-hybridized carbons (Fsp3) is 0.286. The standard InChI is InChI=1S/C21H20FN3O4/c1-12(19(26)23-15-5-2-4-14(22)11-15)29-21(28)13-7-8-17-16(10-13)24-20(27)18-6-3-9-25(17)18/h2,4-5,7-8,10-12,18H,3,6,9H2,1H3,(H,23,26)(H,24,27)/t12-,18+/m0/s1. The van der Waals surface area contributed by atoms with E-state index in [1.807, 2.05) is 4.90 Å². The number of halogens is 1. The molecule has 2 aromatic rings. The third-order valence-electron chi connectivity index (χ3n) is 5.10. The van der Waals surface area contributed by atoms with Crippen molar-refractivity contribution >= 4 is 34.8 Å². The number of fused-ring (bicyclic) bond motifs is 3. The lowest BCUT2D eigenvalue weighted by Crippen LogP contribution is -2.43. The number of benzene rings is 2. The first-order chi connectivity index (χ1) is 13.9. The number of rotatable bonds is 4. The maximum atomic E-state index is 13.2. The molecular formula is C21H20FN3O4. The lowest BCUT2D eigenvalue weighted by Gasteiger charge is -2.33. The minimum absolute atomic E-state index is 0.0802. The molecule has 2 amide bonds. The Morgan fingerprint density at radius 2 is 2.10 bits per heavy atom. The third-order valence-corrected chi connectivity index (χ3v) is 5.10. The van der Waals surface area contributed by atoms with E-state index in [4.69, 9.17) is 4.74 Å². The second-order valence-corrected chi connectivity index (χ2v) is 7.12. The molecule has 0 unspecified atom stereocenters. The molecular weight excluding hydrogens is 377 g/mol. The topological polar surface area (TPSA) is 87.7 Å². The molecule has 0 spiro atoms. The highest BCUT2D eigenvalue weighted by atomic mass is 19.1. The maximum absolute atomic E-state index is 13.2. The van der Waals surface area contributed by atoms with Gasteiger partial charge in [0.25, 0.3) is 5.91 Å². The van der Waals surface area contributed by atoms with Gasteiger partial charge in [-0.15, -0.1) is 0 Å². The van der Waals surface area contributed by atoms with Crippen LogP contribution in [0.15, 0.2) is 42.5 Å². The van der Waals surface area contributed by atoms with Gasteiger partial charge in [0, 0.05) is 12.2 Å². The van der Waals surface area contributed by atoms with Gasteiger partial charge in [0.05, 0.1) is 16.9 Å². The van der Waals surface area contributed by atoms with E-state index in [9.17, 15) is 18.8 Å². The zero-order chi connectivity index (χ0) is 20.5. The maximum Gasteiger partial charge on any atom is 0.338 e. The van der Waals surface area contributed by atoms with E-state index in [-0.39, 0.29) is 23.2 Å². The Labute approximate surface area is 166 Å². The number of nitrogens with one attached hydrogen (secondary N) is 2. The van der Waals surface area contributed by atoms with Gasteiger partial charge in [0.2, 0.25) is 5.91 Å². The number of hydrogen-bond acceptors (Lipinski definition) is 5. The van der Waals surface area contributed by atoms with Crippen molar-refractivity contribution in [3.05, 3.63) is 53.8 Å². The van der Waals surface area contributed by atoms with Crippen LogP contribution >= 0.6 is 0 Å². The molecule has 150 valence electrons. The number of amides is 2. The molecule has 4 rings (SSSR count). The normalized spacial score (nSPS) is 18.3. The summed E-state index contributed by atoms with van der Waals surface area (Å²) < 4.78 is 18.5. The van der Waals surface area contributed by atoms with Crippen molar-refractivity contribution in [1.29, 1.82) is 0 Å². The van der Waals surface area contributed by atoms with Crippen LogP contribution in [0.25, 0.3) is 0 Å². The largest absolute Gasteiger partial charge is 0.449 e. The van der Waals surface area contributed by atoms with Gasteiger partial charge in [0.1, 0.15) is 11.9 Å². The van der Waals surface area contributed by atoms with Crippen LogP contribution in [0.5, 0.6) is 0 Å². The molecule has 0 radical (unpaired) electrons. The Balaban J connectivity index is 1.44. The van der Waals surface area contributed by atoms with E-state index >= 15 is 0 Å². The molecule has 2 heterocycles. The number of carbonyl (C=O) groups is 3. The highest BCUT2D eigenvalue weighted by Crippen LogP contribution is 2.37. The smallest absolute Gasteiger partial charge is 0.338 e. The van der Waals surface area contributed by atoms with Crippen LogP contribution < -0.4 is 15.5 Å². The Morgan fingerprint density at radius 3 is 2.90 bits per heavy atom. The van der Waals surface area contributed by atoms with Crippen LogP contribution in [-0.4, -0.2) is 36.5 Å². The fourth-order valence-corrected chi connectivity index (χ4v) is 3.65. The molecule has 0 aromatic heterocycles. The number of carbonyl (C=O) groups excluding carboxylic acids is 3. The van der Waals surface area contributed by atoms with Crippen molar-refractivity contribution in [2.45, 2.75) is 31.9 Å². The fourth-order valence-electron chi connectivity index (χ4n) is 3.65. The first-order valence-electron chi connectivity index (χ1n) is 9.41. The van der Waals surface area contributed by atoms with Crippen molar-refractivity contribution in [3.8, 4) is 0 Å². The van der Waals surface area contributed by atoms with Crippen LogP contribution in [0.3, 0.4) is 0 Å². The summed E-state index contributed by atoms with van der Waals surface area (Å²) in [6.45, 7) is 2.23. The summed E-state index contributed by atoms with van der Waals surface area (Å²) in [5.74, 6) is -1.82. The summed E-state index contributed by atoms with van der Waals surface area (Å²) in [5.41, 5.74) is 1.93. The first-order valence-corrected chi connectivity index (χ1v) is 9.41. The lowest BCUT2D eigenvalue weighted by atomic mass is 10.1. The van der Waals surface area contributed by atoms with Gasteiger partial charge in [-0.2, -0.15) is 0 Å². The summed E-state index contributed by atoms with van der Waals surface area (Å²) in [4.78, 5) is 39.0. The van der Waals surface area contributed by atoms with Crippen LogP contribution in [-0.2, 0) is 14.3 Å². The average Bonchev–Trinajstić information content (AvgIpc) is 3.18. The van der Waals surface area contributed by atoms with Crippen LogP contribution in [0, 0.1) is 5.82 Å². The van der Waals surface area contributed by atoms with Crippen molar-refractivity contribution in [2.75, 3.05) is 22.1 Å². The molecule has 2 aromatic carbocycles. The molecule has 0 bridgehead atoms. The summed E-state index contributed by atoms with van der Waals surface area (Å²) in [5, 5.41) is 5.34. The Hall–Kier alpha value is -3.42. The van der Waals surface area contributed by atoms with E-state index < -0.39 is 23.8 Å². The molecule has 1 saturated heterocycles. The van der Waals surface area contributed by atoms with E-state index in [1.165, 1.54) is 31.2 Å². The minimum atomic E-state index is -1.08. The predicted molar refractivity (Wildman–Crippen MR) is 105 cm³/mol. The van der Waals surface area contributed by atoms with Crippen LogP contribution in [0.2, 0.25) is 0 Å². The van der Waals surface area contributed by atoms with Gasteiger partial charge in [0.15, 0.2) is 6.10 Å². The molecule has 2 atom stereocenters. The average molecular weight is 397 g/mol. The number of ether oxygens (including phenoxy) is 1. The molecule has 2 aliphatic rings. The molecule has 29 heavy (non-hydrogen) atoms. The summed E-state index contributed by atoms with van der Waals surface area (Å²) in [6, 6.07) is 10.2. The van der Waals surface area contributed by atoms with E-state index in [0.29, 0.717) is 5.69 Å². The van der Waals surface area contributed by atoms with Crippen molar-refractivity contribution in [3.63, 3.8) is 0 Å². The number of nitrogens with zero attached hydrogens (tertiary/aromatic N) is 1. The van der Waals surface area contributed by atoms with Crippen LogP contribution in [0.4, 0.5) is 21.5 Å². The number of hydrogen-bond donors (Lipinski definition) is 2. The Kier molecular flexibility index (Phi) is 4.92. The quantitative estimate of drug-likeness (QED) is 0.775. The molecule has 0 saturated carbocycles.